The zero-order valence-corrected chi connectivity index (χ0v) is 53.8. The third-order valence-corrected chi connectivity index (χ3v) is 15.4. The SMILES string of the molecule is CC/C=C\C/C=C\C/C=C\C/C=C\C/C=C\CCCC(=O)OC(COC(=O)CCCCCCCCCCCCCCCCCCC)COC(=O)CCCCCCCCCCCCCCCCCCC/C=C\C/C=C\CCCCCCC. The van der Waals surface area contributed by atoms with Crippen molar-refractivity contribution >= 4 is 17.9 Å². The molecule has 468 valence electrons. The predicted octanol–water partition coefficient (Wildman–Crippen LogP) is 24.2. The van der Waals surface area contributed by atoms with Crippen LogP contribution in [0.3, 0.4) is 0 Å². The first-order valence-corrected chi connectivity index (χ1v) is 35.1. The second-order valence-electron chi connectivity index (χ2n) is 23.4. The van der Waals surface area contributed by atoms with Crippen LogP contribution >= 0.6 is 0 Å². The summed E-state index contributed by atoms with van der Waals surface area (Å²) >= 11 is 0. The molecule has 0 spiro atoms. The third kappa shape index (κ3) is 67.3. The molecule has 81 heavy (non-hydrogen) atoms. The Morgan fingerprint density at radius 1 is 0.259 bits per heavy atom. The lowest BCUT2D eigenvalue weighted by atomic mass is 10.0. The van der Waals surface area contributed by atoms with Gasteiger partial charge in [-0.1, -0.05) is 331 Å². The van der Waals surface area contributed by atoms with E-state index in [0.29, 0.717) is 19.3 Å². The highest BCUT2D eigenvalue weighted by Crippen LogP contribution is 2.18. The molecule has 0 fully saturated rings. The van der Waals surface area contributed by atoms with E-state index in [2.05, 4.69) is 106 Å². The lowest BCUT2D eigenvalue weighted by molar-refractivity contribution is -0.167. The lowest BCUT2D eigenvalue weighted by Crippen LogP contribution is -2.30. The van der Waals surface area contributed by atoms with Crippen molar-refractivity contribution in [3.05, 3.63) is 85.1 Å². The maximum atomic E-state index is 12.9. The topological polar surface area (TPSA) is 78.9 Å². The van der Waals surface area contributed by atoms with Gasteiger partial charge in [-0.15, -0.1) is 0 Å². The zero-order valence-electron chi connectivity index (χ0n) is 53.8. The van der Waals surface area contributed by atoms with Crippen LogP contribution in [0, 0.1) is 0 Å². The van der Waals surface area contributed by atoms with Gasteiger partial charge in [-0.05, 0) is 89.9 Å². The molecule has 1 unspecified atom stereocenters. The van der Waals surface area contributed by atoms with Crippen LogP contribution in [0.4, 0.5) is 0 Å². The average molecular weight is 1130 g/mol. The molecule has 0 amide bonds. The van der Waals surface area contributed by atoms with Crippen LogP contribution in [0.1, 0.15) is 355 Å². The Morgan fingerprint density at radius 2 is 0.494 bits per heavy atom. The van der Waals surface area contributed by atoms with Crippen molar-refractivity contribution in [2.24, 2.45) is 0 Å². The first-order chi connectivity index (χ1) is 40.0. The van der Waals surface area contributed by atoms with Crippen LogP contribution < -0.4 is 0 Å². The van der Waals surface area contributed by atoms with Gasteiger partial charge in [0.2, 0.25) is 0 Å². The molecular weight excluding hydrogens is 997 g/mol. The monoisotopic (exact) mass is 1130 g/mol. The summed E-state index contributed by atoms with van der Waals surface area (Å²) in [6.45, 7) is 6.52. The molecule has 0 saturated heterocycles. The number of esters is 3. The van der Waals surface area contributed by atoms with Crippen molar-refractivity contribution in [2.45, 2.75) is 361 Å². The molecular formula is C75H132O6. The van der Waals surface area contributed by atoms with E-state index in [4.69, 9.17) is 14.2 Å². The summed E-state index contributed by atoms with van der Waals surface area (Å²) in [5.41, 5.74) is 0. The maximum Gasteiger partial charge on any atom is 0.306 e. The van der Waals surface area contributed by atoms with Crippen molar-refractivity contribution in [1.82, 2.24) is 0 Å². The van der Waals surface area contributed by atoms with Gasteiger partial charge in [0, 0.05) is 19.3 Å². The van der Waals surface area contributed by atoms with Crippen LogP contribution in [0.25, 0.3) is 0 Å². The average Bonchev–Trinajstić information content (AvgIpc) is 3.47. The molecule has 0 aromatic rings. The molecule has 1 atom stereocenters. The van der Waals surface area contributed by atoms with Crippen molar-refractivity contribution in [1.29, 1.82) is 0 Å². The fourth-order valence-electron chi connectivity index (χ4n) is 10.2. The first-order valence-electron chi connectivity index (χ1n) is 35.1. The fraction of sp³-hybridized carbons (Fsp3) is 0.773. The minimum absolute atomic E-state index is 0.0948. The highest BCUT2D eigenvalue weighted by molar-refractivity contribution is 5.71. The van der Waals surface area contributed by atoms with Gasteiger partial charge in [-0.2, -0.15) is 0 Å². The van der Waals surface area contributed by atoms with E-state index in [-0.39, 0.29) is 37.5 Å². The van der Waals surface area contributed by atoms with Crippen LogP contribution in [-0.4, -0.2) is 37.2 Å². The number of carbonyl (C=O) groups is 3. The Kier molecular flexibility index (Phi) is 66.2. The van der Waals surface area contributed by atoms with E-state index in [1.165, 1.54) is 225 Å². The molecule has 0 aliphatic carbocycles. The summed E-state index contributed by atoms with van der Waals surface area (Å²) in [5, 5.41) is 0. The van der Waals surface area contributed by atoms with Crippen molar-refractivity contribution in [2.75, 3.05) is 13.2 Å². The number of hydrogen-bond donors (Lipinski definition) is 0. The number of carbonyl (C=O) groups excluding carboxylic acids is 3. The van der Waals surface area contributed by atoms with E-state index in [1.807, 2.05) is 0 Å². The highest BCUT2D eigenvalue weighted by Gasteiger charge is 2.19. The lowest BCUT2D eigenvalue weighted by Gasteiger charge is -2.18. The van der Waals surface area contributed by atoms with Gasteiger partial charge >= 0.3 is 17.9 Å². The van der Waals surface area contributed by atoms with E-state index >= 15 is 0 Å². The van der Waals surface area contributed by atoms with Crippen LogP contribution in [0.2, 0.25) is 0 Å². The van der Waals surface area contributed by atoms with Crippen molar-refractivity contribution in [3.63, 3.8) is 0 Å². The summed E-state index contributed by atoms with van der Waals surface area (Å²) in [6.07, 6.45) is 91.9. The van der Waals surface area contributed by atoms with Crippen LogP contribution in [0.5, 0.6) is 0 Å². The molecule has 0 rings (SSSR count). The third-order valence-electron chi connectivity index (χ3n) is 15.4. The summed E-state index contributed by atoms with van der Waals surface area (Å²) in [6, 6.07) is 0. The normalized spacial score (nSPS) is 12.6. The molecule has 0 aliphatic rings. The van der Waals surface area contributed by atoms with Crippen LogP contribution in [-0.2, 0) is 28.6 Å². The molecule has 0 aromatic carbocycles. The molecule has 0 radical (unpaired) electrons. The summed E-state index contributed by atoms with van der Waals surface area (Å²) in [5.74, 6) is -0.934. The van der Waals surface area contributed by atoms with E-state index in [9.17, 15) is 14.4 Å². The van der Waals surface area contributed by atoms with Gasteiger partial charge in [0.15, 0.2) is 6.10 Å². The van der Waals surface area contributed by atoms with Crippen molar-refractivity contribution in [3.8, 4) is 0 Å². The molecule has 0 saturated carbocycles. The van der Waals surface area contributed by atoms with Gasteiger partial charge in [0.1, 0.15) is 13.2 Å². The highest BCUT2D eigenvalue weighted by atomic mass is 16.6. The van der Waals surface area contributed by atoms with Crippen LogP contribution in [0.15, 0.2) is 85.1 Å². The van der Waals surface area contributed by atoms with E-state index in [0.717, 1.165) is 83.5 Å². The number of ether oxygens (including phenoxy) is 3. The van der Waals surface area contributed by atoms with Gasteiger partial charge < -0.3 is 14.2 Å². The quantitative estimate of drug-likeness (QED) is 0.0261. The first kappa shape index (κ1) is 77.6. The summed E-state index contributed by atoms with van der Waals surface area (Å²) in [7, 11) is 0. The number of hydrogen-bond acceptors (Lipinski definition) is 6. The molecule has 6 nitrogen and oxygen atoms in total. The second kappa shape index (κ2) is 69.1. The molecule has 0 aromatic heterocycles. The smallest absolute Gasteiger partial charge is 0.306 e. The Hall–Kier alpha value is -3.41. The Bertz CT molecular complexity index is 1530. The Balaban J connectivity index is 4.30. The minimum Gasteiger partial charge on any atom is -0.462 e. The molecule has 0 heterocycles. The van der Waals surface area contributed by atoms with Gasteiger partial charge in [0.25, 0.3) is 0 Å². The maximum absolute atomic E-state index is 12.9. The van der Waals surface area contributed by atoms with Gasteiger partial charge in [-0.3, -0.25) is 14.4 Å². The van der Waals surface area contributed by atoms with Crippen molar-refractivity contribution < 1.29 is 28.6 Å². The number of unbranched alkanes of at least 4 members (excludes halogenated alkanes) is 39. The standard InChI is InChI=1S/C75H132O6/c1-4-7-10-13-16-19-22-25-28-31-32-33-34-35-36-37-38-39-40-41-42-45-47-50-53-56-59-62-65-68-74(77)80-71-72(81-75(78)69-66-63-60-57-54-51-48-44-30-27-24-21-18-15-12-9-6-3)70-79-73(76)67-64-61-58-55-52-49-46-43-29-26-23-20-17-14-11-8-5-2/h9,12,18,21-22,25,27,30-32,48,51,57,60,72H,4-8,10-11,13-17,19-20,23-24,26,28-29,33-47,49-50,52-56,58-59,61-71H2,1-3H3/b12-9-,21-18-,25-22-,30-27-,32-31-,51-48-,60-57-. The van der Waals surface area contributed by atoms with E-state index in [1.54, 1.807) is 0 Å². The van der Waals surface area contributed by atoms with Gasteiger partial charge in [0.05, 0.1) is 0 Å². The molecule has 0 bridgehead atoms. The van der Waals surface area contributed by atoms with Gasteiger partial charge in [-0.25, -0.2) is 0 Å². The minimum atomic E-state index is -0.806. The van der Waals surface area contributed by atoms with E-state index < -0.39 is 6.10 Å². The Labute approximate surface area is 503 Å². The number of allylic oxidation sites excluding steroid dienone is 14. The number of rotatable bonds is 64. The zero-order chi connectivity index (χ0) is 58.5. The fourth-order valence-corrected chi connectivity index (χ4v) is 10.2. The Morgan fingerprint density at radius 3 is 0.790 bits per heavy atom. The molecule has 0 aliphatic heterocycles. The molecule has 0 N–H and O–H groups in total. The largest absolute Gasteiger partial charge is 0.462 e. The second-order valence-corrected chi connectivity index (χ2v) is 23.4. The summed E-state index contributed by atoms with van der Waals surface area (Å²) < 4.78 is 16.9. The molecule has 6 heteroatoms. The summed E-state index contributed by atoms with van der Waals surface area (Å²) in [4.78, 5) is 38.4. The predicted molar refractivity (Wildman–Crippen MR) is 353 cm³/mol.